The van der Waals surface area contributed by atoms with E-state index >= 15 is 0 Å². The summed E-state index contributed by atoms with van der Waals surface area (Å²) in [5.41, 5.74) is 0.735. The number of halogens is 1. The third-order valence-electron chi connectivity index (χ3n) is 1.62. The fourth-order valence-corrected chi connectivity index (χ4v) is 1.25. The van der Waals surface area contributed by atoms with E-state index in [0.717, 1.165) is 11.8 Å². The lowest BCUT2D eigenvalue weighted by atomic mass is 10.2. The smallest absolute Gasteiger partial charge is 0.337 e. The summed E-state index contributed by atoms with van der Waals surface area (Å²) in [5.74, 6) is -0.948. The average molecular weight is 256 g/mol. The van der Waals surface area contributed by atoms with Crippen LogP contribution < -0.4 is 0 Å². The molecule has 74 valence electrons. The standard InChI is InChI=1S/C10H10BrNO2/c11-6-2-1-5-9-8(10(13)14)4-3-7-12-9/h1,3-5,7H,2,6H2,(H,13,14). The molecular weight excluding hydrogens is 246 g/mol. The van der Waals surface area contributed by atoms with Crippen LogP contribution in [0.3, 0.4) is 0 Å². The molecule has 4 heteroatoms. The van der Waals surface area contributed by atoms with Crippen LogP contribution in [0, 0.1) is 0 Å². The van der Waals surface area contributed by atoms with E-state index in [0.29, 0.717) is 5.69 Å². The van der Waals surface area contributed by atoms with Crippen molar-refractivity contribution < 1.29 is 9.90 Å². The van der Waals surface area contributed by atoms with Gasteiger partial charge in [0.25, 0.3) is 0 Å². The van der Waals surface area contributed by atoms with Crippen molar-refractivity contribution in [2.24, 2.45) is 0 Å². The van der Waals surface area contributed by atoms with Gasteiger partial charge in [-0.05, 0) is 24.6 Å². The second kappa shape index (κ2) is 5.54. The molecule has 0 aliphatic heterocycles. The molecule has 0 atom stereocenters. The normalized spacial score (nSPS) is 10.6. The minimum Gasteiger partial charge on any atom is -0.478 e. The van der Waals surface area contributed by atoms with Crippen molar-refractivity contribution in [2.75, 3.05) is 5.33 Å². The Morgan fingerprint density at radius 1 is 1.64 bits per heavy atom. The van der Waals surface area contributed by atoms with Crippen LogP contribution in [0.5, 0.6) is 0 Å². The highest BCUT2D eigenvalue weighted by Crippen LogP contribution is 2.07. The zero-order valence-corrected chi connectivity index (χ0v) is 9.07. The number of alkyl halides is 1. The highest BCUT2D eigenvalue weighted by atomic mass is 79.9. The van der Waals surface area contributed by atoms with Crippen molar-refractivity contribution >= 4 is 28.0 Å². The number of carboxylic acids is 1. The summed E-state index contributed by atoms with van der Waals surface area (Å²) in [7, 11) is 0. The van der Waals surface area contributed by atoms with Gasteiger partial charge in [-0.15, -0.1) is 0 Å². The molecule has 0 fully saturated rings. The Kier molecular flexibility index (Phi) is 4.32. The average Bonchev–Trinajstić information content (AvgIpc) is 2.19. The van der Waals surface area contributed by atoms with Crippen molar-refractivity contribution in [1.82, 2.24) is 4.98 Å². The number of aromatic nitrogens is 1. The molecule has 0 unspecified atom stereocenters. The molecule has 1 heterocycles. The monoisotopic (exact) mass is 255 g/mol. The van der Waals surface area contributed by atoms with Crippen molar-refractivity contribution in [3.05, 3.63) is 35.7 Å². The number of nitrogens with zero attached hydrogens (tertiary/aromatic N) is 1. The largest absolute Gasteiger partial charge is 0.478 e. The molecule has 0 aromatic carbocycles. The highest BCUT2D eigenvalue weighted by molar-refractivity contribution is 9.09. The summed E-state index contributed by atoms with van der Waals surface area (Å²) in [6.45, 7) is 0. The Labute approximate surface area is 90.6 Å². The molecular formula is C10H10BrNO2. The van der Waals surface area contributed by atoms with Gasteiger partial charge in [0.1, 0.15) is 0 Å². The molecule has 0 aliphatic carbocycles. The lowest BCUT2D eigenvalue weighted by Crippen LogP contribution is -2.00. The van der Waals surface area contributed by atoms with Crippen LogP contribution in [0.2, 0.25) is 0 Å². The lowest BCUT2D eigenvalue weighted by Gasteiger charge is -1.98. The van der Waals surface area contributed by atoms with Crippen LogP contribution >= 0.6 is 15.9 Å². The summed E-state index contributed by atoms with van der Waals surface area (Å²) >= 11 is 3.28. The summed E-state index contributed by atoms with van der Waals surface area (Å²) in [6.07, 6.45) is 6.06. The first-order valence-electron chi connectivity index (χ1n) is 4.16. The Balaban J connectivity index is 2.90. The van der Waals surface area contributed by atoms with Gasteiger partial charge in [0.2, 0.25) is 0 Å². The predicted octanol–water partition coefficient (Wildman–Crippen LogP) is 2.58. The van der Waals surface area contributed by atoms with Crippen LogP contribution in [0.4, 0.5) is 0 Å². The SMILES string of the molecule is O=C(O)c1cccnc1C=CCCBr. The topological polar surface area (TPSA) is 50.2 Å². The third-order valence-corrected chi connectivity index (χ3v) is 2.08. The van der Waals surface area contributed by atoms with E-state index in [-0.39, 0.29) is 5.56 Å². The molecule has 1 rings (SSSR count). The molecule has 0 saturated heterocycles. The van der Waals surface area contributed by atoms with Gasteiger partial charge in [0.05, 0.1) is 11.3 Å². The summed E-state index contributed by atoms with van der Waals surface area (Å²) in [4.78, 5) is 14.8. The molecule has 1 aromatic heterocycles. The zero-order valence-electron chi connectivity index (χ0n) is 7.48. The van der Waals surface area contributed by atoms with Gasteiger partial charge in [-0.1, -0.05) is 22.0 Å². The summed E-state index contributed by atoms with van der Waals surface area (Å²) in [6, 6.07) is 3.16. The van der Waals surface area contributed by atoms with E-state index in [4.69, 9.17) is 5.11 Å². The van der Waals surface area contributed by atoms with Crippen LogP contribution in [-0.2, 0) is 0 Å². The van der Waals surface area contributed by atoms with Crippen LogP contribution in [0.25, 0.3) is 6.08 Å². The van der Waals surface area contributed by atoms with Crippen molar-refractivity contribution in [3.63, 3.8) is 0 Å². The van der Waals surface area contributed by atoms with Crippen LogP contribution in [-0.4, -0.2) is 21.4 Å². The Bertz CT molecular complexity index is 350. The lowest BCUT2D eigenvalue weighted by molar-refractivity contribution is 0.0696. The number of aromatic carboxylic acids is 1. The highest BCUT2D eigenvalue weighted by Gasteiger charge is 2.06. The van der Waals surface area contributed by atoms with Gasteiger partial charge in [-0.2, -0.15) is 0 Å². The van der Waals surface area contributed by atoms with Crippen LogP contribution in [0.1, 0.15) is 22.5 Å². The Morgan fingerprint density at radius 3 is 3.07 bits per heavy atom. The second-order valence-electron chi connectivity index (χ2n) is 2.62. The predicted molar refractivity (Wildman–Crippen MR) is 58.6 cm³/mol. The maximum Gasteiger partial charge on any atom is 0.337 e. The molecule has 0 spiro atoms. The fourth-order valence-electron chi connectivity index (χ4n) is 0.989. The van der Waals surface area contributed by atoms with E-state index in [1.807, 2.05) is 6.08 Å². The Morgan fingerprint density at radius 2 is 2.43 bits per heavy atom. The van der Waals surface area contributed by atoms with Crippen molar-refractivity contribution in [1.29, 1.82) is 0 Å². The second-order valence-corrected chi connectivity index (χ2v) is 3.41. The molecule has 3 nitrogen and oxygen atoms in total. The number of pyridine rings is 1. The van der Waals surface area contributed by atoms with E-state index in [1.54, 1.807) is 24.4 Å². The minimum absolute atomic E-state index is 0.235. The van der Waals surface area contributed by atoms with Gasteiger partial charge in [0.15, 0.2) is 0 Å². The molecule has 0 radical (unpaired) electrons. The first kappa shape index (κ1) is 10.9. The third kappa shape index (κ3) is 2.96. The number of carboxylic acid groups (broad SMARTS) is 1. The van der Waals surface area contributed by atoms with Gasteiger partial charge in [-0.3, -0.25) is 4.98 Å². The molecule has 0 amide bonds. The van der Waals surface area contributed by atoms with E-state index in [2.05, 4.69) is 20.9 Å². The number of carbonyl (C=O) groups is 1. The van der Waals surface area contributed by atoms with Crippen LogP contribution in [0.15, 0.2) is 24.4 Å². The maximum absolute atomic E-state index is 10.8. The van der Waals surface area contributed by atoms with Gasteiger partial charge >= 0.3 is 5.97 Å². The number of hydrogen-bond donors (Lipinski definition) is 1. The van der Waals surface area contributed by atoms with E-state index in [1.165, 1.54) is 0 Å². The first-order valence-corrected chi connectivity index (χ1v) is 5.28. The van der Waals surface area contributed by atoms with Crippen molar-refractivity contribution in [3.8, 4) is 0 Å². The molecule has 1 aromatic rings. The van der Waals surface area contributed by atoms with Gasteiger partial charge < -0.3 is 5.11 Å². The van der Waals surface area contributed by atoms with Gasteiger partial charge in [0, 0.05) is 11.5 Å². The maximum atomic E-state index is 10.8. The molecule has 0 aliphatic rings. The number of allylic oxidation sites excluding steroid dienone is 1. The molecule has 0 saturated carbocycles. The quantitative estimate of drug-likeness (QED) is 0.842. The summed E-state index contributed by atoms with van der Waals surface area (Å²) in [5, 5.41) is 9.70. The number of rotatable bonds is 4. The van der Waals surface area contributed by atoms with E-state index < -0.39 is 5.97 Å². The van der Waals surface area contributed by atoms with E-state index in [9.17, 15) is 4.79 Å². The Hall–Kier alpha value is -1.16. The zero-order chi connectivity index (χ0) is 10.4. The summed E-state index contributed by atoms with van der Waals surface area (Å²) < 4.78 is 0. The molecule has 0 bridgehead atoms. The minimum atomic E-state index is -0.948. The number of hydrogen-bond acceptors (Lipinski definition) is 2. The van der Waals surface area contributed by atoms with Crippen molar-refractivity contribution in [2.45, 2.75) is 6.42 Å². The fraction of sp³-hybridized carbons (Fsp3) is 0.200. The molecule has 1 N–H and O–H groups in total. The first-order chi connectivity index (χ1) is 6.75. The van der Waals surface area contributed by atoms with Gasteiger partial charge in [-0.25, -0.2) is 4.79 Å². The molecule has 14 heavy (non-hydrogen) atoms.